The first-order valence-corrected chi connectivity index (χ1v) is 9.80. The lowest BCUT2D eigenvalue weighted by Crippen LogP contribution is -2.40. The molecule has 2 aromatic rings. The Morgan fingerprint density at radius 1 is 1.30 bits per heavy atom. The largest absolute Gasteiger partial charge is 0.383 e. The predicted molar refractivity (Wildman–Crippen MR) is 110 cm³/mol. The molecular formula is C19H27N5O2S. The molecular weight excluding hydrogens is 362 g/mol. The van der Waals surface area contributed by atoms with Crippen molar-refractivity contribution in [1.29, 1.82) is 0 Å². The summed E-state index contributed by atoms with van der Waals surface area (Å²) in [4.78, 5) is 21.6. The predicted octanol–water partition coefficient (Wildman–Crippen LogP) is 2.24. The van der Waals surface area contributed by atoms with Gasteiger partial charge in [-0.3, -0.25) is 4.79 Å². The zero-order chi connectivity index (χ0) is 19.7. The average Bonchev–Trinajstić information content (AvgIpc) is 3.15. The SMILES string of the molecule is CCNC(=NCC(C)(O)c1cccs1)NCCC(=O)Nc1cccc(C)n1. The van der Waals surface area contributed by atoms with E-state index >= 15 is 0 Å². The number of amides is 1. The second-order valence-corrected chi connectivity index (χ2v) is 7.28. The van der Waals surface area contributed by atoms with Crippen molar-refractivity contribution in [2.24, 2.45) is 4.99 Å². The van der Waals surface area contributed by atoms with Crippen molar-refractivity contribution in [3.63, 3.8) is 0 Å². The summed E-state index contributed by atoms with van der Waals surface area (Å²) in [7, 11) is 0. The van der Waals surface area contributed by atoms with Gasteiger partial charge >= 0.3 is 0 Å². The van der Waals surface area contributed by atoms with Gasteiger partial charge in [0, 0.05) is 30.1 Å². The Labute approximate surface area is 163 Å². The van der Waals surface area contributed by atoms with Gasteiger partial charge in [0.1, 0.15) is 11.4 Å². The number of aliphatic hydroxyl groups is 1. The summed E-state index contributed by atoms with van der Waals surface area (Å²) in [6, 6.07) is 9.29. The summed E-state index contributed by atoms with van der Waals surface area (Å²) in [6.07, 6.45) is 0.279. The fourth-order valence-corrected chi connectivity index (χ4v) is 3.13. The van der Waals surface area contributed by atoms with E-state index in [9.17, 15) is 9.90 Å². The van der Waals surface area contributed by atoms with Crippen LogP contribution >= 0.6 is 11.3 Å². The molecule has 27 heavy (non-hydrogen) atoms. The van der Waals surface area contributed by atoms with E-state index < -0.39 is 5.60 Å². The highest BCUT2D eigenvalue weighted by atomic mass is 32.1. The highest BCUT2D eigenvalue weighted by Gasteiger charge is 2.24. The van der Waals surface area contributed by atoms with Crippen LogP contribution in [-0.4, -0.2) is 41.6 Å². The van der Waals surface area contributed by atoms with Crippen LogP contribution in [-0.2, 0) is 10.4 Å². The highest BCUT2D eigenvalue weighted by Crippen LogP contribution is 2.25. The van der Waals surface area contributed by atoms with Crippen LogP contribution in [0.3, 0.4) is 0 Å². The van der Waals surface area contributed by atoms with E-state index in [1.165, 1.54) is 11.3 Å². The number of pyridine rings is 1. The molecule has 2 rings (SSSR count). The van der Waals surface area contributed by atoms with Crippen LogP contribution in [0, 0.1) is 6.92 Å². The Hall–Kier alpha value is -2.45. The summed E-state index contributed by atoms with van der Waals surface area (Å²) in [6.45, 7) is 6.92. The third-order valence-corrected chi connectivity index (χ3v) is 4.86. The summed E-state index contributed by atoms with van der Waals surface area (Å²) >= 11 is 1.50. The number of hydrogen-bond donors (Lipinski definition) is 4. The Balaban J connectivity index is 1.84. The van der Waals surface area contributed by atoms with Crippen LogP contribution in [0.1, 0.15) is 30.8 Å². The van der Waals surface area contributed by atoms with E-state index in [0.29, 0.717) is 24.9 Å². The number of guanidine groups is 1. The lowest BCUT2D eigenvalue weighted by molar-refractivity contribution is -0.116. The van der Waals surface area contributed by atoms with Gasteiger partial charge in [0.05, 0.1) is 6.54 Å². The first-order chi connectivity index (χ1) is 12.9. The number of nitrogens with one attached hydrogen (secondary N) is 3. The van der Waals surface area contributed by atoms with Crippen molar-refractivity contribution in [1.82, 2.24) is 15.6 Å². The highest BCUT2D eigenvalue weighted by molar-refractivity contribution is 7.10. The van der Waals surface area contributed by atoms with E-state index in [4.69, 9.17) is 0 Å². The quantitative estimate of drug-likeness (QED) is 0.410. The number of aromatic nitrogens is 1. The van der Waals surface area contributed by atoms with Crippen LogP contribution < -0.4 is 16.0 Å². The van der Waals surface area contributed by atoms with Crippen LogP contribution in [0.2, 0.25) is 0 Å². The maximum Gasteiger partial charge on any atom is 0.227 e. The molecule has 0 aliphatic carbocycles. The first-order valence-electron chi connectivity index (χ1n) is 8.93. The second-order valence-electron chi connectivity index (χ2n) is 6.34. The molecule has 0 saturated carbocycles. The fourth-order valence-electron chi connectivity index (χ4n) is 2.35. The van der Waals surface area contributed by atoms with Gasteiger partial charge in [0.25, 0.3) is 0 Å². The van der Waals surface area contributed by atoms with Crippen LogP contribution in [0.15, 0.2) is 40.7 Å². The number of aliphatic imine (C=N–C) groups is 1. The van der Waals surface area contributed by atoms with Gasteiger partial charge in [0.15, 0.2) is 5.96 Å². The van der Waals surface area contributed by atoms with E-state index in [2.05, 4.69) is 25.9 Å². The molecule has 2 aromatic heterocycles. The minimum atomic E-state index is -1.02. The standard InChI is InChI=1S/C19H27N5O2S/c1-4-20-18(22-13-19(3,26)15-8-6-12-27-15)21-11-10-17(25)24-16-9-5-7-14(2)23-16/h5-9,12,26H,4,10-11,13H2,1-3H3,(H2,20,21,22)(H,23,24,25). The van der Waals surface area contributed by atoms with Crippen molar-refractivity contribution in [2.45, 2.75) is 32.8 Å². The number of rotatable bonds is 8. The molecule has 1 amide bonds. The third-order valence-electron chi connectivity index (χ3n) is 3.74. The minimum Gasteiger partial charge on any atom is -0.383 e. The minimum absolute atomic E-state index is 0.123. The van der Waals surface area contributed by atoms with Gasteiger partial charge in [-0.25, -0.2) is 9.98 Å². The zero-order valence-electron chi connectivity index (χ0n) is 16.0. The monoisotopic (exact) mass is 389 g/mol. The molecule has 8 heteroatoms. The number of carbonyl (C=O) groups excluding carboxylic acids is 1. The molecule has 0 saturated heterocycles. The first kappa shape index (κ1) is 20.9. The summed E-state index contributed by atoms with van der Waals surface area (Å²) in [5.74, 6) is 0.991. The molecule has 2 heterocycles. The van der Waals surface area contributed by atoms with Crippen molar-refractivity contribution >= 4 is 29.0 Å². The van der Waals surface area contributed by atoms with Crippen LogP contribution in [0.25, 0.3) is 0 Å². The van der Waals surface area contributed by atoms with Gasteiger partial charge in [0.2, 0.25) is 5.91 Å². The van der Waals surface area contributed by atoms with Gasteiger partial charge in [-0.15, -0.1) is 11.3 Å². The number of anilines is 1. The van der Waals surface area contributed by atoms with Gasteiger partial charge < -0.3 is 21.1 Å². The van der Waals surface area contributed by atoms with E-state index in [1.807, 2.05) is 43.5 Å². The average molecular weight is 390 g/mol. The van der Waals surface area contributed by atoms with Crippen LogP contribution in [0.4, 0.5) is 5.82 Å². The van der Waals surface area contributed by atoms with Gasteiger partial charge in [-0.1, -0.05) is 12.1 Å². The molecule has 0 bridgehead atoms. The molecule has 4 N–H and O–H groups in total. The Morgan fingerprint density at radius 3 is 2.78 bits per heavy atom. The molecule has 0 spiro atoms. The lowest BCUT2D eigenvalue weighted by Gasteiger charge is -2.20. The molecule has 0 aliphatic rings. The normalized spacial score (nSPS) is 13.7. The molecule has 146 valence electrons. The molecule has 0 aromatic carbocycles. The van der Waals surface area contributed by atoms with Crippen molar-refractivity contribution in [3.05, 3.63) is 46.3 Å². The molecule has 0 fully saturated rings. The van der Waals surface area contributed by atoms with Gasteiger partial charge in [-0.05, 0) is 44.4 Å². The molecule has 0 radical (unpaired) electrons. The maximum atomic E-state index is 12.0. The summed E-state index contributed by atoms with van der Waals surface area (Å²) < 4.78 is 0. The fraction of sp³-hybridized carbons (Fsp3) is 0.421. The van der Waals surface area contributed by atoms with Crippen LogP contribution in [0.5, 0.6) is 0 Å². The number of aryl methyl sites for hydroxylation is 1. The Bertz CT molecular complexity index is 759. The molecule has 0 aliphatic heterocycles. The molecule has 1 atom stereocenters. The summed E-state index contributed by atoms with van der Waals surface area (Å²) in [5, 5.41) is 21.5. The second kappa shape index (κ2) is 10.0. The van der Waals surface area contributed by atoms with E-state index in [0.717, 1.165) is 10.6 Å². The van der Waals surface area contributed by atoms with Crippen molar-refractivity contribution < 1.29 is 9.90 Å². The van der Waals surface area contributed by atoms with E-state index in [1.54, 1.807) is 13.0 Å². The maximum absolute atomic E-state index is 12.0. The molecule has 7 nitrogen and oxygen atoms in total. The Morgan fingerprint density at radius 2 is 2.11 bits per heavy atom. The van der Waals surface area contributed by atoms with Gasteiger partial charge in [-0.2, -0.15) is 0 Å². The van der Waals surface area contributed by atoms with Crippen molar-refractivity contribution in [3.8, 4) is 0 Å². The topological polar surface area (TPSA) is 98.6 Å². The number of carbonyl (C=O) groups is 1. The smallest absolute Gasteiger partial charge is 0.227 e. The Kier molecular flexibility index (Phi) is 7.75. The van der Waals surface area contributed by atoms with Crippen molar-refractivity contribution in [2.75, 3.05) is 25.0 Å². The number of thiophene rings is 1. The lowest BCUT2D eigenvalue weighted by atomic mass is 10.1. The number of hydrogen-bond acceptors (Lipinski definition) is 5. The summed E-state index contributed by atoms with van der Waals surface area (Å²) in [5.41, 5.74) is -0.171. The zero-order valence-corrected chi connectivity index (χ0v) is 16.8. The number of nitrogens with zero attached hydrogens (tertiary/aromatic N) is 2. The van der Waals surface area contributed by atoms with E-state index in [-0.39, 0.29) is 18.9 Å². The molecule has 1 unspecified atom stereocenters. The third kappa shape index (κ3) is 6.99.